The minimum atomic E-state index is -0.440. The molecule has 1 saturated heterocycles. The van der Waals surface area contributed by atoms with E-state index in [0.29, 0.717) is 23.5 Å². The number of nitro groups is 1. The van der Waals surface area contributed by atoms with Gasteiger partial charge in [0.2, 0.25) is 17.8 Å². The van der Waals surface area contributed by atoms with Gasteiger partial charge in [-0.3, -0.25) is 10.1 Å². The number of rotatable bonds is 8. The molecule has 0 atom stereocenters. The number of nitro benzene ring substituents is 1. The van der Waals surface area contributed by atoms with E-state index < -0.39 is 4.92 Å². The maximum Gasteiger partial charge on any atom is 0.269 e. The van der Waals surface area contributed by atoms with E-state index in [-0.39, 0.29) is 5.69 Å². The molecular weight excluding hydrogens is 424 g/mol. The lowest BCUT2D eigenvalue weighted by molar-refractivity contribution is -0.384. The van der Waals surface area contributed by atoms with Crippen LogP contribution >= 0.6 is 0 Å². The van der Waals surface area contributed by atoms with Gasteiger partial charge >= 0.3 is 0 Å². The zero-order valence-corrected chi connectivity index (χ0v) is 18.1. The van der Waals surface area contributed by atoms with Crippen LogP contribution in [0, 0.1) is 10.1 Å². The minimum Gasteiger partial charge on any atom is -0.497 e. The zero-order chi connectivity index (χ0) is 23.0. The second-order valence-electron chi connectivity index (χ2n) is 7.40. The number of hydrazone groups is 1. The van der Waals surface area contributed by atoms with Crippen molar-refractivity contribution in [1.29, 1.82) is 0 Å². The third kappa shape index (κ3) is 5.91. The smallest absolute Gasteiger partial charge is 0.269 e. The van der Waals surface area contributed by atoms with Crippen molar-refractivity contribution in [3.63, 3.8) is 0 Å². The van der Waals surface area contributed by atoms with E-state index in [9.17, 15) is 10.1 Å². The molecule has 1 fully saturated rings. The standard InChI is InChI=1S/C22H24N8O3/c1-33-19-11-5-16(6-12-19)15-23-28-21-25-20(24-17-7-9-18(10-8-17)30(31)32)26-22(27-21)29-13-3-2-4-14-29/h5-12,15H,2-4,13-14H2,1H3,(H2,24,25,26,27,28). The first kappa shape index (κ1) is 21.9. The topological polar surface area (TPSA) is 131 Å². The molecule has 1 aliphatic rings. The minimum absolute atomic E-state index is 0.0143. The number of methoxy groups -OCH3 is 1. The average Bonchev–Trinajstić information content (AvgIpc) is 2.85. The molecule has 1 aliphatic heterocycles. The van der Waals surface area contributed by atoms with Gasteiger partial charge in [-0.25, -0.2) is 5.43 Å². The van der Waals surface area contributed by atoms with Gasteiger partial charge in [-0.2, -0.15) is 20.1 Å². The lowest BCUT2D eigenvalue weighted by Gasteiger charge is -2.26. The fourth-order valence-electron chi connectivity index (χ4n) is 3.36. The maximum atomic E-state index is 10.9. The Morgan fingerprint density at radius 1 is 1.00 bits per heavy atom. The molecule has 4 rings (SSSR count). The fourth-order valence-corrected chi connectivity index (χ4v) is 3.36. The molecule has 0 bridgehead atoms. The summed E-state index contributed by atoms with van der Waals surface area (Å²) in [6.07, 6.45) is 5.00. The molecule has 170 valence electrons. The number of aromatic nitrogens is 3. The Bertz CT molecular complexity index is 1110. The van der Waals surface area contributed by atoms with Crippen molar-refractivity contribution in [2.75, 3.05) is 35.8 Å². The number of hydrogen-bond acceptors (Lipinski definition) is 10. The molecule has 0 aliphatic carbocycles. The zero-order valence-electron chi connectivity index (χ0n) is 18.1. The van der Waals surface area contributed by atoms with Crippen LogP contribution in [0.2, 0.25) is 0 Å². The normalized spacial score (nSPS) is 13.7. The van der Waals surface area contributed by atoms with Crippen LogP contribution in [0.5, 0.6) is 5.75 Å². The van der Waals surface area contributed by atoms with Gasteiger partial charge in [0.05, 0.1) is 18.2 Å². The molecular formula is C22H24N8O3. The summed E-state index contributed by atoms with van der Waals surface area (Å²) < 4.78 is 5.16. The first-order chi connectivity index (χ1) is 16.1. The summed E-state index contributed by atoms with van der Waals surface area (Å²) in [7, 11) is 1.62. The van der Waals surface area contributed by atoms with Crippen LogP contribution in [-0.2, 0) is 0 Å². The summed E-state index contributed by atoms with van der Waals surface area (Å²) in [5, 5.41) is 18.2. The molecule has 2 N–H and O–H groups in total. The van der Waals surface area contributed by atoms with Crippen molar-refractivity contribution in [2.24, 2.45) is 5.10 Å². The lowest BCUT2D eigenvalue weighted by atomic mass is 10.1. The largest absolute Gasteiger partial charge is 0.497 e. The quantitative estimate of drug-likeness (QED) is 0.298. The summed E-state index contributed by atoms with van der Waals surface area (Å²) >= 11 is 0. The Morgan fingerprint density at radius 2 is 1.70 bits per heavy atom. The number of hydrogen-bond donors (Lipinski definition) is 2. The van der Waals surface area contributed by atoms with Gasteiger partial charge in [0, 0.05) is 30.9 Å². The molecule has 2 heterocycles. The highest BCUT2D eigenvalue weighted by Gasteiger charge is 2.16. The van der Waals surface area contributed by atoms with Gasteiger partial charge in [0.15, 0.2) is 0 Å². The van der Waals surface area contributed by atoms with Crippen molar-refractivity contribution in [3.8, 4) is 5.75 Å². The number of anilines is 4. The molecule has 1 aromatic heterocycles. The van der Waals surface area contributed by atoms with E-state index in [1.165, 1.54) is 18.6 Å². The molecule has 11 nitrogen and oxygen atoms in total. The van der Waals surface area contributed by atoms with Crippen molar-refractivity contribution in [3.05, 3.63) is 64.2 Å². The van der Waals surface area contributed by atoms with Crippen LogP contribution in [0.25, 0.3) is 0 Å². The van der Waals surface area contributed by atoms with Gasteiger partial charge in [-0.05, 0) is 61.2 Å². The number of nitrogens with zero attached hydrogens (tertiary/aromatic N) is 6. The molecule has 0 saturated carbocycles. The van der Waals surface area contributed by atoms with Crippen LogP contribution in [0.4, 0.5) is 29.2 Å². The van der Waals surface area contributed by atoms with E-state index in [1.807, 2.05) is 24.3 Å². The van der Waals surface area contributed by atoms with Crippen LogP contribution in [0.15, 0.2) is 53.6 Å². The van der Waals surface area contributed by atoms with Gasteiger partial charge in [-0.1, -0.05) is 0 Å². The molecule has 0 amide bonds. The van der Waals surface area contributed by atoms with Crippen molar-refractivity contribution >= 4 is 35.4 Å². The summed E-state index contributed by atoms with van der Waals surface area (Å²) in [5.41, 5.74) is 4.40. The Balaban J connectivity index is 1.54. The van der Waals surface area contributed by atoms with Crippen molar-refractivity contribution in [1.82, 2.24) is 15.0 Å². The first-order valence-electron chi connectivity index (χ1n) is 10.6. The van der Waals surface area contributed by atoms with Gasteiger partial charge < -0.3 is 15.0 Å². The Kier molecular flexibility index (Phi) is 6.88. The second-order valence-corrected chi connectivity index (χ2v) is 7.40. The highest BCUT2D eigenvalue weighted by molar-refractivity contribution is 5.80. The molecule has 33 heavy (non-hydrogen) atoms. The molecule has 2 aromatic carbocycles. The Hall–Kier alpha value is -4.28. The van der Waals surface area contributed by atoms with E-state index in [0.717, 1.165) is 37.2 Å². The van der Waals surface area contributed by atoms with E-state index in [2.05, 4.69) is 35.7 Å². The maximum absolute atomic E-state index is 10.9. The molecule has 0 radical (unpaired) electrons. The van der Waals surface area contributed by atoms with E-state index in [1.54, 1.807) is 25.5 Å². The number of piperidine rings is 1. The van der Waals surface area contributed by atoms with Gasteiger partial charge in [0.25, 0.3) is 5.69 Å². The van der Waals surface area contributed by atoms with Crippen LogP contribution in [0.3, 0.4) is 0 Å². The second kappa shape index (κ2) is 10.4. The Labute approximate surface area is 190 Å². The van der Waals surface area contributed by atoms with Crippen LogP contribution in [0.1, 0.15) is 24.8 Å². The summed E-state index contributed by atoms with van der Waals surface area (Å²) in [6.45, 7) is 1.74. The van der Waals surface area contributed by atoms with Gasteiger partial charge in [0.1, 0.15) is 5.75 Å². The third-order valence-corrected chi connectivity index (χ3v) is 5.09. The van der Waals surface area contributed by atoms with Crippen molar-refractivity contribution in [2.45, 2.75) is 19.3 Å². The number of nitrogens with one attached hydrogen (secondary N) is 2. The number of ether oxygens (including phenoxy) is 1. The SMILES string of the molecule is COc1ccc(C=NNc2nc(Nc3ccc([N+](=O)[O-])cc3)nc(N3CCCCC3)n2)cc1. The highest BCUT2D eigenvalue weighted by Crippen LogP contribution is 2.22. The number of benzene rings is 2. The number of non-ortho nitro benzene ring substituents is 1. The Morgan fingerprint density at radius 3 is 2.36 bits per heavy atom. The average molecular weight is 448 g/mol. The molecule has 0 spiro atoms. The van der Waals surface area contributed by atoms with E-state index in [4.69, 9.17) is 4.74 Å². The summed E-state index contributed by atoms with van der Waals surface area (Å²) in [6, 6.07) is 13.5. The van der Waals surface area contributed by atoms with Crippen LogP contribution < -0.4 is 20.4 Å². The lowest BCUT2D eigenvalue weighted by Crippen LogP contribution is -2.31. The van der Waals surface area contributed by atoms with Crippen LogP contribution in [-0.4, -0.2) is 46.3 Å². The third-order valence-electron chi connectivity index (χ3n) is 5.09. The molecule has 11 heteroatoms. The van der Waals surface area contributed by atoms with E-state index >= 15 is 0 Å². The molecule has 0 unspecified atom stereocenters. The predicted molar refractivity (Wildman–Crippen MR) is 126 cm³/mol. The van der Waals surface area contributed by atoms with Crippen molar-refractivity contribution < 1.29 is 9.66 Å². The fraction of sp³-hybridized carbons (Fsp3) is 0.273. The predicted octanol–water partition coefficient (Wildman–Crippen LogP) is 3.97. The molecule has 3 aromatic rings. The van der Waals surface area contributed by atoms with Gasteiger partial charge in [-0.15, -0.1) is 0 Å². The first-order valence-corrected chi connectivity index (χ1v) is 10.6. The summed E-state index contributed by atoms with van der Waals surface area (Å²) in [4.78, 5) is 26.0. The highest BCUT2D eigenvalue weighted by atomic mass is 16.6. The summed E-state index contributed by atoms with van der Waals surface area (Å²) in [5.74, 6) is 1.93. The monoisotopic (exact) mass is 448 g/mol.